The van der Waals surface area contributed by atoms with Crippen LogP contribution < -0.4 is 28.7 Å². The van der Waals surface area contributed by atoms with E-state index in [-0.39, 0.29) is 0 Å². The number of ether oxygens (including phenoxy) is 4. The van der Waals surface area contributed by atoms with Crippen molar-refractivity contribution in [2.45, 2.75) is 6.92 Å². The minimum Gasteiger partial charge on any atom is -0.497 e. The Morgan fingerprint density at radius 1 is 0.315 bits per heavy atom. The highest BCUT2D eigenvalue weighted by molar-refractivity contribution is 7.33. The van der Waals surface area contributed by atoms with Crippen LogP contribution in [0.15, 0.2) is 194 Å². The second-order valence-electron chi connectivity index (χ2n) is 17.3. The van der Waals surface area contributed by atoms with E-state index in [2.05, 4.69) is 167 Å². The van der Waals surface area contributed by atoms with Gasteiger partial charge in [0.1, 0.15) is 28.0 Å². The molecule has 12 rings (SSSR count). The number of hydrogen-bond acceptors (Lipinski definition) is 11. The lowest BCUT2D eigenvalue weighted by Gasteiger charge is -2.26. The van der Waals surface area contributed by atoms with Crippen LogP contribution in [0.25, 0.3) is 65.8 Å². The molecule has 360 valence electrons. The molecule has 6 aromatic heterocycles. The summed E-state index contributed by atoms with van der Waals surface area (Å²) in [6, 6.07) is 68.8. The molecule has 7 nitrogen and oxygen atoms in total. The fourth-order valence-corrected chi connectivity index (χ4v) is 14.7. The molecule has 12 aromatic rings. The van der Waals surface area contributed by atoms with E-state index in [9.17, 15) is 0 Å². The van der Waals surface area contributed by atoms with E-state index >= 15 is 0 Å². The molecule has 0 amide bonds. The van der Waals surface area contributed by atoms with E-state index in [4.69, 9.17) is 18.9 Å². The molecular weight excluding hydrogens is 999 g/mol. The van der Waals surface area contributed by atoms with Crippen LogP contribution in [0.4, 0.5) is 34.1 Å². The molecule has 12 heteroatoms. The normalized spacial score (nSPS) is 11.4. The average molecular weight is 1050 g/mol. The minimum atomic E-state index is 0.820. The molecule has 6 aromatic carbocycles. The molecule has 0 saturated carbocycles. The molecule has 0 radical (unpaired) electrons. The molecule has 0 bridgehead atoms. The third-order valence-corrected chi connectivity index (χ3v) is 19.0. The van der Waals surface area contributed by atoms with Crippen LogP contribution in [-0.2, 0) is 0 Å². The summed E-state index contributed by atoms with van der Waals surface area (Å²) in [6.45, 7) is 2.19. The Bertz CT molecular complexity index is 3510. The molecule has 73 heavy (non-hydrogen) atoms. The van der Waals surface area contributed by atoms with Crippen LogP contribution in [0.3, 0.4) is 0 Å². The Hall–Kier alpha value is -7.58. The van der Waals surface area contributed by atoms with E-state index in [0.717, 1.165) is 57.1 Å². The molecule has 6 heterocycles. The molecule has 0 aliphatic carbocycles. The third kappa shape index (κ3) is 8.95. The Kier molecular flexibility index (Phi) is 12.6. The number of aromatic nitrogens is 1. The molecule has 0 fully saturated rings. The van der Waals surface area contributed by atoms with Crippen molar-refractivity contribution in [1.29, 1.82) is 0 Å². The maximum atomic E-state index is 5.47. The Labute approximate surface area is 444 Å². The largest absolute Gasteiger partial charge is 0.497 e. The highest BCUT2D eigenvalue weighted by Gasteiger charge is 2.23. The predicted molar refractivity (Wildman–Crippen MR) is 312 cm³/mol. The van der Waals surface area contributed by atoms with Crippen molar-refractivity contribution in [2.75, 3.05) is 38.2 Å². The molecule has 0 atom stereocenters. The number of thiophene rings is 5. The van der Waals surface area contributed by atoms with Crippen LogP contribution in [0, 0.1) is 6.92 Å². The zero-order chi connectivity index (χ0) is 49.6. The zero-order valence-electron chi connectivity index (χ0n) is 40.5. The minimum absolute atomic E-state index is 0.820. The van der Waals surface area contributed by atoms with Crippen molar-refractivity contribution in [2.24, 2.45) is 0 Å². The average Bonchev–Trinajstić information content (AvgIpc) is 4.33. The molecule has 0 unspecified atom stereocenters. The first-order valence-electron chi connectivity index (χ1n) is 23.6. The van der Waals surface area contributed by atoms with E-state index in [1.807, 2.05) is 105 Å². The van der Waals surface area contributed by atoms with Gasteiger partial charge in [-0.2, -0.15) is 0 Å². The van der Waals surface area contributed by atoms with Gasteiger partial charge in [-0.1, -0.05) is 24.3 Å². The maximum absolute atomic E-state index is 5.47. The second-order valence-corrected chi connectivity index (χ2v) is 22.8. The molecule has 0 aliphatic rings. The lowest BCUT2D eigenvalue weighted by atomic mass is 10.1. The highest BCUT2D eigenvalue weighted by atomic mass is 32.1. The second kappa shape index (κ2) is 19.8. The first kappa shape index (κ1) is 46.5. The van der Waals surface area contributed by atoms with Gasteiger partial charge in [-0.05, 0) is 188 Å². The summed E-state index contributed by atoms with van der Waals surface area (Å²) in [5.41, 5.74) is 11.2. The number of rotatable bonds is 15. The van der Waals surface area contributed by atoms with Gasteiger partial charge in [-0.25, -0.2) is 0 Å². The maximum Gasteiger partial charge on any atom is 0.119 e. The Balaban J connectivity index is 0.835. The van der Waals surface area contributed by atoms with Gasteiger partial charge in [-0.3, -0.25) is 4.57 Å². The fraction of sp³-hybridized carbons (Fsp3) is 0.0820. The highest BCUT2D eigenvalue weighted by Crippen LogP contribution is 2.50. The lowest BCUT2D eigenvalue weighted by Crippen LogP contribution is -2.09. The van der Waals surface area contributed by atoms with Crippen molar-refractivity contribution < 1.29 is 18.9 Å². The Morgan fingerprint density at radius 2 is 0.630 bits per heavy atom. The third-order valence-electron chi connectivity index (χ3n) is 12.9. The van der Waals surface area contributed by atoms with E-state index in [1.165, 1.54) is 70.7 Å². The molecule has 0 spiro atoms. The van der Waals surface area contributed by atoms with Crippen molar-refractivity contribution >= 4 is 111 Å². The van der Waals surface area contributed by atoms with Crippen LogP contribution in [0.5, 0.6) is 23.0 Å². The van der Waals surface area contributed by atoms with Gasteiger partial charge < -0.3 is 28.7 Å². The number of anilines is 6. The summed E-state index contributed by atoms with van der Waals surface area (Å²) in [4.78, 5) is 13.4. The fourth-order valence-electron chi connectivity index (χ4n) is 9.19. The molecule has 0 saturated heterocycles. The predicted octanol–water partition coefficient (Wildman–Crippen LogP) is 19.0. The number of nitrogens with zero attached hydrogens (tertiary/aromatic N) is 3. The number of aryl methyl sites for hydroxylation is 1. The smallest absolute Gasteiger partial charge is 0.119 e. The first-order chi connectivity index (χ1) is 35.8. The van der Waals surface area contributed by atoms with E-state index < -0.39 is 0 Å². The summed E-state index contributed by atoms with van der Waals surface area (Å²) in [5, 5.41) is 1.24. The first-order valence-corrected chi connectivity index (χ1v) is 27.7. The van der Waals surface area contributed by atoms with Crippen molar-refractivity contribution in [3.8, 4) is 68.4 Å². The standard InChI is InChI=1S/C61H47N3O4S5/c1-38-6-35-59(69-38)64-51-36-57(55-33-31-53(70-55)39-7-11-41(12-8-39)62(43-15-23-47(65-2)24-16-43)44-17-25-48(66-3)26-18-44)72-60(51)61-52(64)37-58(73-61)56-34-32-54(71-56)40-9-13-42(14-10-40)63(45-19-27-49(67-4)28-20-45)46-21-29-50(68-5)30-22-46/h6-37H,1-5H3. The summed E-state index contributed by atoms with van der Waals surface area (Å²) < 4.78 is 27.0. The SMILES string of the molecule is COc1ccc(N(c2ccc(OC)cc2)c2ccc(-c3ccc(-c4cc5c(s4)c4sc(-c6ccc(-c7ccc(N(c8ccc(OC)cc8)c8ccc(OC)cc8)cc7)s6)cc4n5-c4ccc(C)s4)s3)cc2)cc1. The zero-order valence-corrected chi connectivity index (χ0v) is 44.6. The number of methoxy groups -OCH3 is 4. The van der Waals surface area contributed by atoms with Gasteiger partial charge in [0.2, 0.25) is 0 Å². The van der Waals surface area contributed by atoms with Crippen LogP contribution in [0.1, 0.15) is 4.88 Å². The Morgan fingerprint density at radius 3 is 0.932 bits per heavy atom. The van der Waals surface area contributed by atoms with Crippen LogP contribution >= 0.6 is 56.7 Å². The van der Waals surface area contributed by atoms with Gasteiger partial charge in [0.05, 0.1) is 48.9 Å². The number of benzene rings is 6. The number of fused-ring (bicyclic) bond motifs is 3. The molecular formula is C61H47N3O4S5. The van der Waals surface area contributed by atoms with Gasteiger partial charge in [0.25, 0.3) is 0 Å². The molecule has 0 aliphatic heterocycles. The quantitative estimate of drug-likeness (QED) is 0.102. The summed E-state index contributed by atoms with van der Waals surface area (Å²) >= 11 is 9.33. The summed E-state index contributed by atoms with van der Waals surface area (Å²) in [6.07, 6.45) is 0. The van der Waals surface area contributed by atoms with Crippen LogP contribution in [0.2, 0.25) is 0 Å². The van der Waals surface area contributed by atoms with Crippen LogP contribution in [-0.4, -0.2) is 33.0 Å². The van der Waals surface area contributed by atoms with Crippen molar-refractivity contribution in [3.05, 3.63) is 199 Å². The monoisotopic (exact) mass is 1050 g/mol. The molecule has 0 N–H and O–H groups in total. The topological polar surface area (TPSA) is 48.3 Å². The van der Waals surface area contributed by atoms with E-state index in [1.54, 1.807) is 28.4 Å². The summed E-state index contributed by atoms with van der Waals surface area (Å²) in [7, 11) is 6.77. The lowest BCUT2D eigenvalue weighted by molar-refractivity contribution is 0.414. The van der Waals surface area contributed by atoms with E-state index in [0.29, 0.717) is 0 Å². The van der Waals surface area contributed by atoms with Gasteiger partial charge in [-0.15, -0.1) is 56.7 Å². The van der Waals surface area contributed by atoms with Gasteiger partial charge in [0, 0.05) is 68.3 Å². The van der Waals surface area contributed by atoms with Crippen molar-refractivity contribution in [3.63, 3.8) is 0 Å². The van der Waals surface area contributed by atoms with Gasteiger partial charge >= 0.3 is 0 Å². The van der Waals surface area contributed by atoms with Gasteiger partial charge in [0.15, 0.2) is 0 Å². The van der Waals surface area contributed by atoms with Crippen molar-refractivity contribution in [1.82, 2.24) is 4.57 Å². The summed E-state index contributed by atoms with van der Waals surface area (Å²) in [5.74, 6) is 3.28. The number of hydrogen-bond donors (Lipinski definition) is 0.